The van der Waals surface area contributed by atoms with Crippen LogP contribution in [0.4, 0.5) is 0 Å². The SMILES string of the molecule is O=C(c1nc(C(=O)N2CCCCC2)n2ccccc12)N1CCOCC1. The normalized spacial score (nSPS) is 18.6. The lowest BCUT2D eigenvalue weighted by atomic mass is 10.1. The molecule has 2 amide bonds. The van der Waals surface area contributed by atoms with E-state index in [1.807, 2.05) is 23.1 Å². The van der Waals surface area contributed by atoms with Gasteiger partial charge >= 0.3 is 0 Å². The molecule has 25 heavy (non-hydrogen) atoms. The molecule has 0 unspecified atom stereocenters. The van der Waals surface area contributed by atoms with Crippen molar-refractivity contribution in [3.63, 3.8) is 0 Å². The Hall–Kier alpha value is -2.41. The van der Waals surface area contributed by atoms with Gasteiger partial charge in [-0.05, 0) is 31.4 Å². The number of rotatable bonds is 2. The second-order valence-electron chi connectivity index (χ2n) is 6.50. The van der Waals surface area contributed by atoms with Crippen LogP contribution >= 0.6 is 0 Å². The van der Waals surface area contributed by atoms with Crippen LogP contribution in [0.3, 0.4) is 0 Å². The van der Waals surface area contributed by atoms with E-state index in [1.54, 1.807) is 15.5 Å². The molecule has 2 aromatic rings. The van der Waals surface area contributed by atoms with Gasteiger partial charge in [-0.1, -0.05) is 6.07 Å². The third-order valence-electron chi connectivity index (χ3n) is 4.88. The van der Waals surface area contributed by atoms with Gasteiger partial charge in [-0.3, -0.25) is 14.0 Å². The predicted octanol–water partition coefficient (Wildman–Crippen LogP) is 1.43. The van der Waals surface area contributed by atoms with Crippen molar-refractivity contribution < 1.29 is 14.3 Å². The highest BCUT2D eigenvalue weighted by Crippen LogP contribution is 2.19. The number of hydrogen-bond acceptors (Lipinski definition) is 4. The average molecular weight is 342 g/mol. The molecule has 2 aliphatic rings. The van der Waals surface area contributed by atoms with E-state index in [-0.39, 0.29) is 11.8 Å². The summed E-state index contributed by atoms with van der Waals surface area (Å²) in [6.45, 7) is 3.70. The van der Waals surface area contributed by atoms with E-state index < -0.39 is 0 Å². The van der Waals surface area contributed by atoms with Gasteiger partial charge in [-0.2, -0.15) is 0 Å². The van der Waals surface area contributed by atoms with Crippen LogP contribution in [0.15, 0.2) is 24.4 Å². The van der Waals surface area contributed by atoms with Gasteiger partial charge in [-0.25, -0.2) is 4.98 Å². The van der Waals surface area contributed by atoms with Crippen molar-refractivity contribution in [2.75, 3.05) is 39.4 Å². The Morgan fingerprint density at radius 3 is 2.40 bits per heavy atom. The number of ether oxygens (including phenoxy) is 1. The number of aromatic nitrogens is 2. The fourth-order valence-corrected chi connectivity index (χ4v) is 3.50. The van der Waals surface area contributed by atoms with Gasteiger partial charge in [0, 0.05) is 32.4 Å². The van der Waals surface area contributed by atoms with Crippen LogP contribution in [-0.4, -0.2) is 70.4 Å². The molecule has 7 heteroatoms. The first-order valence-corrected chi connectivity index (χ1v) is 8.89. The molecule has 0 aromatic carbocycles. The third kappa shape index (κ3) is 3.00. The zero-order valence-electron chi connectivity index (χ0n) is 14.2. The largest absolute Gasteiger partial charge is 0.378 e. The number of nitrogens with zero attached hydrogens (tertiary/aromatic N) is 4. The van der Waals surface area contributed by atoms with E-state index in [0.29, 0.717) is 43.3 Å². The van der Waals surface area contributed by atoms with Crippen molar-refractivity contribution in [3.05, 3.63) is 35.9 Å². The van der Waals surface area contributed by atoms with Crippen molar-refractivity contribution in [2.45, 2.75) is 19.3 Å². The molecule has 132 valence electrons. The fourth-order valence-electron chi connectivity index (χ4n) is 3.50. The number of likely N-dealkylation sites (tertiary alicyclic amines) is 1. The van der Waals surface area contributed by atoms with E-state index >= 15 is 0 Å². The van der Waals surface area contributed by atoms with Gasteiger partial charge in [0.2, 0.25) is 5.82 Å². The fraction of sp³-hybridized carbons (Fsp3) is 0.500. The second-order valence-corrected chi connectivity index (χ2v) is 6.50. The Labute approximate surface area is 146 Å². The number of piperidine rings is 1. The van der Waals surface area contributed by atoms with Gasteiger partial charge in [0.05, 0.1) is 18.7 Å². The van der Waals surface area contributed by atoms with E-state index in [4.69, 9.17) is 4.74 Å². The molecule has 0 N–H and O–H groups in total. The van der Waals surface area contributed by atoms with Crippen LogP contribution in [0.25, 0.3) is 5.52 Å². The summed E-state index contributed by atoms with van der Waals surface area (Å²) in [5, 5.41) is 0. The Morgan fingerprint density at radius 1 is 0.920 bits per heavy atom. The summed E-state index contributed by atoms with van der Waals surface area (Å²) >= 11 is 0. The number of imidazole rings is 1. The molecule has 0 bridgehead atoms. The number of hydrogen-bond donors (Lipinski definition) is 0. The molecule has 0 radical (unpaired) electrons. The summed E-state index contributed by atoms with van der Waals surface area (Å²) < 4.78 is 7.06. The Kier molecular flexibility index (Phi) is 4.40. The number of carbonyl (C=O) groups is 2. The zero-order chi connectivity index (χ0) is 17.2. The molecule has 7 nitrogen and oxygen atoms in total. The van der Waals surface area contributed by atoms with E-state index in [0.717, 1.165) is 32.4 Å². The predicted molar refractivity (Wildman–Crippen MR) is 91.7 cm³/mol. The van der Waals surface area contributed by atoms with Gasteiger partial charge in [0.1, 0.15) is 0 Å². The first-order chi connectivity index (χ1) is 12.3. The van der Waals surface area contributed by atoms with Crippen LogP contribution < -0.4 is 0 Å². The first-order valence-electron chi connectivity index (χ1n) is 8.89. The van der Waals surface area contributed by atoms with Gasteiger partial charge < -0.3 is 14.5 Å². The zero-order valence-corrected chi connectivity index (χ0v) is 14.2. The molecule has 4 heterocycles. The average Bonchev–Trinajstić information content (AvgIpc) is 3.08. The summed E-state index contributed by atoms with van der Waals surface area (Å²) in [6, 6.07) is 5.56. The van der Waals surface area contributed by atoms with Crippen LogP contribution in [0, 0.1) is 0 Å². The quantitative estimate of drug-likeness (QED) is 0.828. The maximum Gasteiger partial charge on any atom is 0.290 e. The molecule has 2 aliphatic heterocycles. The molecule has 0 saturated carbocycles. The number of fused-ring (bicyclic) bond motifs is 1. The lowest BCUT2D eigenvalue weighted by Crippen LogP contribution is -2.41. The van der Waals surface area contributed by atoms with E-state index in [1.165, 1.54) is 0 Å². The molecule has 0 aliphatic carbocycles. The Bertz CT molecular complexity index is 725. The van der Waals surface area contributed by atoms with Crippen molar-refractivity contribution >= 4 is 17.3 Å². The highest BCUT2D eigenvalue weighted by molar-refractivity contribution is 6.02. The van der Waals surface area contributed by atoms with Crippen LogP contribution in [0.2, 0.25) is 0 Å². The smallest absolute Gasteiger partial charge is 0.290 e. The van der Waals surface area contributed by atoms with Crippen molar-refractivity contribution in [3.8, 4) is 0 Å². The van der Waals surface area contributed by atoms with Crippen molar-refractivity contribution in [2.24, 2.45) is 0 Å². The molecular formula is C18H22N4O3. The number of amides is 2. The molecule has 2 saturated heterocycles. The van der Waals surface area contributed by atoms with Crippen LogP contribution in [-0.2, 0) is 4.74 Å². The maximum absolute atomic E-state index is 12.9. The monoisotopic (exact) mass is 342 g/mol. The molecule has 0 spiro atoms. The van der Waals surface area contributed by atoms with Gasteiger partial charge in [0.15, 0.2) is 5.69 Å². The van der Waals surface area contributed by atoms with E-state index in [9.17, 15) is 9.59 Å². The lowest BCUT2D eigenvalue weighted by molar-refractivity contribution is 0.0300. The van der Waals surface area contributed by atoms with E-state index in [2.05, 4.69) is 4.98 Å². The molecular weight excluding hydrogens is 320 g/mol. The Balaban J connectivity index is 1.70. The molecule has 4 rings (SSSR count). The van der Waals surface area contributed by atoms with Crippen LogP contribution in [0.1, 0.15) is 40.4 Å². The first kappa shape index (κ1) is 16.1. The summed E-state index contributed by atoms with van der Waals surface area (Å²) in [4.78, 5) is 33.9. The van der Waals surface area contributed by atoms with Gasteiger partial charge in [0.25, 0.3) is 11.8 Å². The standard InChI is InChI=1S/C18H22N4O3/c23-17(21-10-12-25-13-11-21)15-14-6-2-5-9-22(14)16(19-15)18(24)20-7-3-1-4-8-20/h2,5-6,9H,1,3-4,7-8,10-13H2. The number of carbonyl (C=O) groups excluding carboxylic acids is 2. The maximum atomic E-state index is 12.9. The lowest BCUT2D eigenvalue weighted by Gasteiger charge is -2.26. The minimum atomic E-state index is -0.135. The minimum absolute atomic E-state index is 0.0954. The number of pyridine rings is 1. The summed E-state index contributed by atoms with van der Waals surface area (Å²) in [7, 11) is 0. The summed E-state index contributed by atoms with van der Waals surface area (Å²) in [5.74, 6) is 0.0979. The van der Waals surface area contributed by atoms with Crippen LogP contribution in [0.5, 0.6) is 0 Å². The highest BCUT2D eigenvalue weighted by atomic mass is 16.5. The third-order valence-corrected chi connectivity index (χ3v) is 4.88. The molecule has 0 atom stereocenters. The number of morpholine rings is 1. The minimum Gasteiger partial charge on any atom is -0.378 e. The van der Waals surface area contributed by atoms with Crippen molar-refractivity contribution in [1.82, 2.24) is 19.2 Å². The Morgan fingerprint density at radius 2 is 1.64 bits per heavy atom. The summed E-state index contributed by atoms with van der Waals surface area (Å²) in [5.41, 5.74) is 1.03. The van der Waals surface area contributed by atoms with Crippen molar-refractivity contribution in [1.29, 1.82) is 0 Å². The van der Waals surface area contributed by atoms with Gasteiger partial charge in [-0.15, -0.1) is 0 Å². The topological polar surface area (TPSA) is 67.2 Å². The highest BCUT2D eigenvalue weighted by Gasteiger charge is 2.28. The molecule has 2 fully saturated rings. The molecule has 2 aromatic heterocycles. The summed E-state index contributed by atoms with van der Waals surface area (Å²) in [6.07, 6.45) is 5.01. The second kappa shape index (κ2) is 6.84.